The fourth-order valence-corrected chi connectivity index (χ4v) is 3.54. The van der Waals surface area contributed by atoms with Crippen LogP contribution in [0.2, 0.25) is 0 Å². The van der Waals surface area contributed by atoms with Gasteiger partial charge in [-0.2, -0.15) is 0 Å². The standard InChI is InChI=1S/C12H16BrNO2S/c1-8-4-10(12(15)16)2-3-14(8)6-9-5-11(13)17-7-9/h5,7-8,10H,2-4,6H2,1H3,(H,15,16). The number of carboxylic acids is 1. The summed E-state index contributed by atoms with van der Waals surface area (Å²) in [6.07, 6.45) is 1.53. The number of halogens is 1. The van der Waals surface area contributed by atoms with Crippen LogP contribution in [0.15, 0.2) is 15.2 Å². The summed E-state index contributed by atoms with van der Waals surface area (Å²) in [6, 6.07) is 2.49. The molecule has 2 heterocycles. The van der Waals surface area contributed by atoms with Crippen molar-refractivity contribution in [3.63, 3.8) is 0 Å². The molecule has 2 rings (SSSR count). The van der Waals surface area contributed by atoms with Crippen LogP contribution >= 0.6 is 27.3 Å². The first kappa shape index (κ1) is 13.1. The third-order valence-corrected chi connectivity index (χ3v) is 4.92. The molecule has 3 nitrogen and oxygen atoms in total. The molecule has 1 aliphatic rings. The Labute approximate surface area is 114 Å². The minimum atomic E-state index is -0.644. The molecule has 0 spiro atoms. The molecule has 1 fully saturated rings. The van der Waals surface area contributed by atoms with E-state index in [0.29, 0.717) is 6.04 Å². The van der Waals surface area contributed by atoms with Crippen LogP contribution in [-0.4, -0.2) is 28.6 Å². The Balaban J connectivity index is 1.93. The van der Waals surface area contributed by atoms with Crippen molar-refractivity contribution in [1.82, 2.24) is 4.90 Å². The van der Waals surface area contributed by atoms with Gasteiger partial charge in [0.15, 0.2) is 0 Å². The maximum absolute atomic E-state index is 10.9. The molecule has 94 valence electrons. The molecule has 1 aliphatic heterocycles. The number of rotatable bonds is 3. The second-order valence-electron chi connectivity index (χ2n) is 4.64. The first-order chi connectivity index (χ1) is 8.06. The molecular formula is C12H16BrNO2S. The van der Waals surface area contributed by atoms with Gasteiger partial charge in [0.2, 0.25) is 0 Å². The summed E-state index contributed by atoms with van der Waals surface area (Å²) in [5.74, 6) is -0.801. The third-order valence-electron chi connectivity index (χ3n) is 3.37. The minimum absolute atomic E-state index is 0.157. The SMILES string of the molecule is CC1CC(C(=O)O)CCN1Cc1csc(Br)c1. The molecule has 1 saturated heterocycles. The maximum atomic E-state index is 10.9. The Morgan fingerprint density at radius 1 is 1.71 bits per heavy atom. The fraction of sp³-hybridized carbons (Fsp3) is 0.583. The highest BCUT2D eigenvalue weighted by Gasteiger charge is 2.29. The van der Waals surface area contributed by atoms with Crippen molar-refractivity contribution in [2.45, 2.75) is 32.4 Å². The van der Waals surface area contributed by atoms with Crippen molar-refractivity contribution in [2.24, 2.45) is 5.92 Å². The molecule has 0 aliphatic carbocycles. The Kier molecular flexibility index (Phi) is 4.22. The van der Waals surface area contributed by atoms with E-state index < -0.39 is 5.97 Å². The summed E-state index contributed by atoms with van der Waals surface area (Å²) in [5, 5.41) is 11.2. The predicted octanol–water partition coefficient (Wildman–Crippen LogP) is 3.20. The van der Waals surface area contributed by atoms with Crippen molar-refractivity contribution in [2.75, 3.05) is 6.54 Å². The average molecular weight is 318 g/mol. The number of nitrogens with zero attached hydrogens (tertiary/aromatic N) is 1. The molecule has 17 heavy (non-hydrogen) atoms. The zero-order chi connectivity index (χ0) is 12.4. The molecule has 0 aromatic carbocycles. The fourth-order valence-electron chi connectivity index (χ4n) is 2.34. The van der Waals surface area contributed by atoms with E-state index in [0.717, 1.165) is 29.7 Å². The number of thiophene rings is 1. The number of aliphatic carboxylic acids is 1. The lowest BCUT2D eigenvalue weighted by molar-refractivity contribution is -0.144. The largest absolute Gasteiger partial charge is 0.481 e. The van der Waals surface area contributed by atoms with Crippen LogP contribution in [0, 0.1) is 5.92 Å². The molecule has 0 bridgehead atoms. The summed E-state index contributed by atoms with van der Waals surface area (Å²) < 4.78 is 1.15. The van der Waals surface area contributed by atoms with Crippen LogP contribution in [0.4, 0.5) is 0 Å². The molecular weight excluding hydrogens is 302 g/mol. The first-order valence-corrected chi connectivity index (χ1v) is 7.43. The Hall–Kier alpha value is -0.390. The van der Waals surface area contributed by atoms with Gasteiger partial charge in [0.1, 0.15) is 0 Å². The predicted molar refractivity (Wildman–Crippen MR) is 72.3 cm³/mol. The van der Waals surface area contributed by atoms with E-state index in [1.807, 2.05) is 0 Å². The molecule has 1 N–H and O–H groups in total. The van der Waals surface area contributed by atoms with Crippen molar-refractivity contribution in [1.29, 1.82) is 0 Å². The van der Waals surface area contributed by atoms with Crippen LogP contribution in [0.5, 0.6) is 0 Å². The topological polar surface area (TPSA) is 40.5 Å². The van der Waals surface area contributed by atoms with Gasteiger partial charge in [-0.15, -0.1) is 11.3 Å². The maximum Gasteiger partial charge on any atom is 0.306 e. The summed E-state index contributed by atoms with van der Waals surface area (Å²) in [6.45, 7) is 3.93. The Morgan fingerprint density at radius 2 is 2.47 bits per heavy atom. The smallest absolute Gasteiger partial charge is 0.306 e. The number of hydrogen-bond acceptors (Lipinski definition) is 3. The van der Waals surface area contributed by atoms with Gasteiger partial charge in [0.25, 0.3) is 0 Å². The summed E-state index contributed by atoms with van der Waals surface area (Å²) >= 11 is 5.16. The molecule has 2 atom stereocenters. The second-order valence-corrected chi connectivity index (χ2v) is 6.93. The second kappa shape index (κ2) is 5.50. The van der Waals surface area contributed by atoms with Gasteiger partial charge >= 0.3 is 5.97 Å². The monoisotopic (exact) mass is 317 g/mol. The summed E-state index contributed by atoms with van der Waals surface area (Å²) in [7, 11) is 0. The lowest BCUT2D eigenvalue weighted by Crippen LogP contribution is -2.42. The quantitative estimate of drug-likeness (QED) is 0.930. The highest BCUT2D eigenvalue weighted by Crippen LogP contribution is 2.27. The van der Waals surface area contributed by atoms with E-state index in [4.69, 9.17) is 5.11 Å². The van der Waals surface area contributed by atoms with Gasteiger partial charge in [-0.05, 0) is 59.2 Å². The normalized spacial score (nSPS) is 26.0. The number of carbonyl (C=O) groups is 1. The molecule has 5 heteroatoms. The van der Waals surface area contributed by atoms with E-state index in [2.05, 4.69) is 39.2 Å². The van der Waals surface area contributed by atoms with Crippen molar-refractivity contribution in [3.05, 3.63) is 20.8 Å². The van der Waals surface area contributed by atoms with E-state index in [1.54, 1.807) is 11.3 Å². The van der Waals surface area contributed by atoms with Crippen molar-refractivity contribution in [3.8, 4) is 0 Å². The number of likely N-dealkylation sites (tertiary alicyclic amines) is 1. The summed E-state index contributed by atoms with van der Waals surface area (Å²) in [5.41, 5.74) is 1.31. The number of hydrogen-bond donors (Lipinski definition) is 1. The Morgan fingerprint density at radius 3 is 3.00 bits per heavy atom. The van der Waals surface area contributed by atoms with Crippen LogP contribution in [0.25, 0.3) is 0 Å². The van der Waals surface area contributed by atoms with Crippen LogP contribution in [-0.2, 0) is 11.3 Å². The highest BCUT2D eigenvalue weighted by atomic mass is 79.9. The molecule has 2 unspecified atom stereocenters. The molecule has 0 saturated carbocycles. The first-order valence-electron chi connectivity index (χ1n) is 5.76. The molecule has 0 amide bonds. The van der Waals surface area contributed by atoms with E-state index in [9.17, 15) is 4.79 Å². The van der Waals surface area contributed by atoms with Crippen LogP contribution < -0.4 is 0 Å². The lowest BCUT2D eigenvalue weighted by Gasteiger charge is -2.36. The molecule has 1 aromatic heterocycles. The van der Waals surface area contributed by atoms with Crippen molar-refractivity contribution >= 4 is 33.2 Å². The van der Waals surface area contributed by atoms with Crippen LogP contribution in [0.3, 0.4) is 0 Å². The van der Waals surface area contributed by atoms with Gasteiger partial charge in [-0.25, -0.2) is 0 Å². The van der Waals surface area contributed by atoms with E-state index >= 15 is 0 Å². The lowest BCUT2D eigenvalue weighted by atomic mass is 9.91. The van der Waals surface area contributed by atoms with E-state index in [1.165, 1.54) is 5.56 Å². The van der Waals surface area contributed by atoms with Crippen LogP contribution in [0.1, 0.15) is 25.3 Å². The zero-order valence-electron chi connectivity index (χ0n) is 9.73. The zero-order valence-corrected chi connectivity index (χ0v) is 12.1. The summed E-state index contributed by atoms with van der Waals surface area (Å²) in [4.78, 5) is 13.3. The van der Waals surface area contributed by atoms with E-state index in [-0.39, 0.29) is 5.92 Å². The molecule has 0 radical (unpaired) electrons. The van der Waals surface area contributed by atoms with Crippen molar-refractivity contribution < 1.29 is 9.90 Å². The number of piperidine rings is 1. The minimum Gasteiger partial charge on any atom is -0.481 e. The Bertz CT molecular complexity index is 407. The van der Waals surface area contributed by atoms with Gasteiger partial charge < -0.3 is 5.11 Å². The van der Waals surface area contributed by atoms with Gasteiger partial charge in [-0.3, -0.25) is 9.69 Å². The third kappa shape index (κ3) is 3.30. The average Bonchev–Trinajstić information content (AvgIpc) is 2.67. The number of carboxylic acid groups (broad SMARTS) is 1. The van der Waals surface area contributed by atoms with Gasteiger partial charge in [-0.1, -0.05) is 0 Å². The van der Waals surface area contributed by atoms with Gasteiger partial charge in [0.05, 0.1) is 9.70 Å². The van der Waals surface area contributed by atoms with Gasteiger partial charge in [0, 0.05) is 12.6 Å². The molecule has 1 aromatic rings. The highest BCUT2D eigenvalue weighted by molar-refractivity contribution is 9.11.